The Morgan fingerprint density at radius 3 is 3.00 bits per heavy atom. The molecule has 1 aliphatic rings. The topological polar surface area (TPSA) is 57.4 Å². The first-order valence-corrected chi connectivity index (χ1v) is 8.66. The molecule has 2 heterocycles. The predicted molar refractivity (Wildman–Crippen MR) is 91.5 cm³/mol. The second-order valence-corrected chi connectivity index (χ2v) is 6.32. The second-order valence-electron chi connectivity index (χ2n) is 5.39. The molecule has 0 bridgehead atoms. The fraction of sp³-hybridized carbons (Fsp3) is 0.222. The van der Waals surface area contributed by atoms with Crippen LogP contribution in [0.5, 0.6) is 11.5 Å². The Kier molecular flexibility index (Phi) is 4.13. The summed E-state index contributed by atoms with van der Waals surface area (Å²) in [5.74, 6) is 3.06. The van der Waals surface area contributed by atoms with E-state index in [4.69, 9.17) is 13.9 Å². The number of thioether (sulfide) groups is 1. The van der Waals surface area contributed by atoms with Crippen LogP contribution in [-0.4, -0.2) is 23.9 Å². The van der Waals surface area contributed by atoms with Gasteiger partial charge in [0.2, 0.25) is 5.89 Å². The van der Waals surface area contributed by atoms with Gasteiger partial charge in [-0.3, -0.25) is 0 Å². The van der Waals surface area contributed by atoms with E-state index in [2.05, 4.69) is 16.3 Å². The second kappa shape index (κ2) is 6.57. The number of aromatic nitrogens is 2. The molecule has 0 aliphatic carbocycles. The average molecular weight is 340 g/mol. The molecule has 0 atom stereocenters. The van der Waals surface area contributed by atoms with E-state index in [0.29, 0.717) is 16.9 Å². The maximum Gasteiger partial charge on any atom is 0.277 e. The van der Waals surface area contributed by atoms with Gasteiger partial charge in [-0.1, -0.05) is 30.0 Å². The van der Waals surface area contributed by atoms with Crippen molar-refractivity contribution in [2.24, 2.45) is 0 Å². The van der Waals surface area contributed by atoms with Crippen LogP contribution in [0.1, 0.15) is 11.1 Å². The van der Waals surface area contributed by atoms with Crippen molar-refractivity contribution in [1.82, 2.24) is 10.2 Å². The summed E-state index contributed by atoms with van der Waals surface area (Å²) in [4.78, 5) is 0. The van der Waals surface area contributed by atoms with Gasteiger partial charge in [-0.05, 0) is 29.8 Å². The number of hydrogen-bond donors (Lipinski definition) is 0. The van der Waals surface area contributed by atoms with Crippen molar-refractivity contribution in [3.05, 3.63) is 53.6 Å². The standard InChI is InChI=1S/C18H16N2O3S/c1-21-15-5-3-2-4-14(15)11-24-18-20-19-17(23-18)13-6-7-16-12(10-13)8-9-22-16/h2-7,10H,8-9,11H2,1H3. The van der Waals surface area contributed by atoms with E-state index in [0.717, 1.165) is 35.7 Å². The summed E-state index contributed by atoms with van der Waals surface area (Å²) in [5, 5.41) is 8.84. The fourth-order valence-corrected chi connectivity index (χ4v) is 3.42. The summed E-state index contributed by atoms with van der Waals surface area (Å²) in [7, 11) is 1.67. The van der Waals surface area contributed by atoms with E-state index in [1.807, 2.05) is 36.4 Å². The Labute approximate surface area is 144 Å². The van der Waals surface area contributed by atoms with Gasteiger partial charge in [-0.15, -0.1) is 10.2 Å². The lowest BCUT2D eigenvalue weighted by molar-refractivity contribution is 0.357. The van der Waals surface area contributed by atoms with Crippen molar-refractivity contribution < 1.29 is 13.9 Å². The summed E-state index contributed by atoms with van der Waals surface area (Å²) in [5.41, 5.74) is 3.21. The molecule has 0 N–H and O–H groups in total. The summed E-state index contributed by atoms with van der Waals surface area (Å²) in [6, 6.07) is 13.9. The zero-order chi connectivity index (χ0) is 16.4. The van der Waals surface area contributed by atoms with Crippen LogP contribution in [0.2, 0.25) is 0 Å². The monoisotopic (exact) mass is 340 g/mol. The van der Waals surface area contributed by atoms with Crippen LogP contribution in [0.4, 0.5) is 0 Å². The van der Waals surface area contributed by atoms with Crippen LogP contribution >= 0.6 is 11.8 Å². The molecule has 0 saturated heterocycles. The van der Waals surface area contributed by atoms with Gasteiger partial charge in [-0.25, -0.2) is 0 Å². The zero-order valence-electron chi connectivity index (χ0n) is 13.2. The largest absolute Gasteiger partial charge is 0.496 e. The van der Waals surface area contributed by atoms with Gasteiger partial charge in [0.25, 0.3) is 5.22 Å². The SMILES string of the molecule is COc1ccccc1CSc1nnc(-c2ccc3c(c2)CCO3)o1. The van der Waals surface area contributed by atoms with E-state index in [1.54, 1.807) is 7.11 Å². The number of methoxy groups -OCH3 is 1. The summed E-state index contributed by atoms with van der Waals surface area (Å²) < 4.78 is 16.7. The van der Waals surface area contributed by atoms with Gasteiger partial charge < -0.3 is 13.9 Å². The van der Waals surface area contributed by atoms with Crippen LogP contribution in [0.15, 0.2) is 52.1 Å². The van der Waals surface area contributed by atoms with E-state index in [-0.39, 0.29) is 0 Å². The molecular weight excluding hydrogens is 324 g/mol. The van der Waals surface area contributed by atoms with Gasteiger partial charge >= 0.3 is 0 Å². The molecule has 24 heavy (non-hydrogen) atoms. The number of nitrogens with zero attached hydrogens (tertiary/aromatic N) is 2. The molecule has 2 aromatic carbocycles. The smallest absolute Gasteiger partial charge is 0.277 e. The average Bonchev–Trinajstić information content (AvgIpc) is 3.28. The summed E-state index contributed by atoms with van der Waals surface area (Å²) >= 11 is 1.50. The molecule has 0 unspecified atom stereocenters. The highest BCUT2D eigenvalue weighted by Crippen LogP contribution is 2.32. The lowest BCUT2D eigenvalue weighted by Gasteiger charge is -2.05. The van der Waals surface area contributed by atoms with Crippen molar-refractivity contribution in [3.63, 3.8) is 0 Å². The molecule has 122 valence electrons. The van der Waals surface area contributed by atoms with E-state index >= 15 is 0 Å². The maximum absolute atomic E-state index is 5.78. The lowest BCUT2D eigenvalue weighted by Crippen LogP contribution is -1.89. The number of rotatable bonds is 5. The molecule has 0 amide bonds. The van der Waals surface area contributed by atoms with Crippen LogP contribution in [-0.2, 0) is 12.2 Å². The highest BCUT2D eigenvalue weighted by molar-refractivity contribution is 7.98. The van der Waals surface area contributed by atoms with Crippen LogP contribution < -0.4 is 9.47 Å². The number of para-hydroxylation sites is 1. The van der Waals surface area contributed by atoms with Crippen LogP contribution in [0, 0.1) is 0 Å². The fourth-order valence-electron chi connectivity index (χ4n) is 2.67. The van der Waals surface area contributed by atoms with Gasteiger partial charge in [0.05, 0.1) is 13.7 Å². The van der Waals surface area contributed by atoms with Crippen molar-refractivity contribution in [2.75, 3.05) is 13.7 Å². The third-order valence-corrected chi connectivity index (χ3v) is 4.75. The molecule has 0 saturated carbocycles. The highest BCUT2D eigenvalue weighted by Gasteiger charge is 2.16. The molecule has 1 aromatic heterocycles. The Hall–Kier alpha value is -2.47. The number of ether oxygens (including phenoxy) is 2. The quantitative estimate of drug-likeness (QED) is 0.655. The Morgan fingerprint density at radius 2 is 2.08 bits per heavy atom. The number of hydrogen-bond acceptors (Lipinski definition) is 6. The summed E-state index contributed by atoms with van der Waals surface area (Å²) in [6.45, 7) is 0.739. The van der Waals surface area contributed by atoms with E-state index in [9.17, 15) is 0 Å². The molecule has 1 aliphatic heterocycles. The van der Waals surface area contributed by atoms with Crippen LogP contribution in [0.25, 0.3) is 11.5 Å². The van der Waals surface area contributed by atoms with Gasteiger partial charge in [0.1, 0.15) is 11.5 Å². The predicted octanol–water partition coefficient (Wildman–Crippen LogP) is 3.97. The van der Waals surface area contributed by atoms with Crippen molar-refractivity contribution in [1.29, 1.82) is 0 Å². The molecule has 0 spiro atoms. The van der Waals surface area contributed by atoms with Gasteiger partial charge in [-0.2, -0.15) is 0 Å². The first kappa shape index (κ1) is 15.1. The molecule has 3 aromatic rings. The lowest BCUT2D eigenvalue weighted by atomic mass is 10.1. The Bertz CT molecular complexity index is 863. The third-order valence-electron chi connectivity index (χ3n) is 3.89. The molecule has 0 radical (unpaired) electrons. The number of benzene rings is 2. The molecule has 0 fully saturated rings. The Balaban J connectivity index is 1.49. The maximum atomic E-state index is 5.78. The minimum Gasteiger partial charge on any atom is -0.496 e. The van der Waals surface area contributed by atoms with Crippen LogP contribution in [0.3, 0.4) is 0 Å². The van der Waals surface area contributed by atoms with Gasteiger partial charge in [0, 0.05) is 23.3 Å². The van der Waals surface area contributed by atoms with Gasteiger partial charge in [0.15, 0.2) is 0 Å². The normalized spacial score (nSPS) is 12.7. The van der Waals surface area contributed by atoms with Crippen molar-refractivity contribution in [3.8, 4) is 23.0 Å². The molecule has 4 rings (SSSR count). The minimum absolute atomic E-state index is 0.534. The van der Waals surface area contributed by atoms with E-state index in [1.165, 1.54) is 17.3 Å². The van der Waals surface area contributed by atoms with Crippen molar-refractivity contribution in [2.45, 2.75) is 17.4 Å². The molecule has 6 heteroatoms. The zero-order valence-corrected chi connectivity index (χ0v) is 14.0. The van der Waals surface area contributed by atoms with E-state index < -0.39 is 0 Å². The third kappa shape index (κ3) is 2.97. The van der Waals surface area contributed by atoms with Crippen molar-refractivity contribution >= 4 is 11.8 Å². The Morgan fingerprint density at radius 1 is 1.17 bits per heavy atom. The molecule has 5 nitrogen and oxygen atoms in total. The first-order valence-electron chi connectivity index (χ1n) is 7.68. The molecular formula is C18H16N2O3S. The first-order chi connectivity index (χ1) is 11.8. The minimum atomic E-state index is 0.534. The highest BCUT2D eigenvalue weighted by atomic mass is 32.2. The number of fused-ring (bicyclic) bond motifs is 1. The summed E-state index contributed by atoms with van der Waals surface area (Å²) in [6.07, 6.45) is 0.923.